The summed E-state index contributed by atoms with van der Waals surface area (Å²) in [7, 11) is 0. The van der Waals surface area contributed by atoms with Crippen LogP contribution in [0.15, 0.2) is 53.4 Å². The second-order valence-corrected chi connectivity index (χ2v) is 5.71. The second kappa shape index (κ2) is 6.21. The maximum atomic E-state index is 13.0. The van der Waals surface area contributed by atoms with Gasteiger partial charge in [0.05, 0.1) is 16.9 Å². The van der Waals surface area contributed by atoms with Crippen LogP contribution in [0.2, 0.25) is 0 Å². The molecule has 0 atom stereocenters. The minimum Gasteiger partial charge on any atom is -0.329 e. The van der Waals surface area contributed by atoms with Gasteiger partial charge in [0.1, 0.15) is 5.82 Å². The number of fused-ring (bicyclic) bond motifs is 1. The number of carbonyl (C=O) groups is 3. The van der Waals surface area contributed by atoms with Gasteiger partial charge in [0.15, 0.2) is 0 Å². The zero-order chi connectivity index (χ0) is 16.4. The predicted octanol–water partition coefficient (Wildman–Crippen LogP) is 2.67. The molecule has 0 radical (unpaired) electrons. The maximum Gasteiger partial charge on any atom is 0.343 e. The lowest BCUT2D eigenvalue weighted by Crippen LogP contribution is -2.33. The molecule has 5 nitrogen and oxygen atoms in total. The Kier molecular flexibility index (Phi) is 4.12. The lowest BCUT2D eigenvalue weighted by Gasteiger charge is -2.12. The molecular weight excluding hydrogens is 321 g/mol. The Balaban J connectivity index is 1.63. The monoisotopic (exact) mass is 331 g/mol. The van der Waals surface area contributed by atoms with E-state index in [-0.39, 0.29) is 16.9 Å². The molecule has 1 heterocycles. The first-order chi connectivity index (χ1) is 11.1. The van der Waals surface area contributed by atoms with Crippen molar-refractivity contribution in [3.8, 4) is 0 Å². The number of carbonyl (C=O) groups excluding carboxylic acids is 3. The zero-order valence-corrected chi connectivity index (χ0v) is 12.5. The van der Waals surface area contributed by atoms with Crippen molar-refractivity contribution in [3.05, 3.63) is 65.5 Å². The Hall–Kier alpha value is -2.67. The van der Waals surface area contributed by atoms with E-state index in [1.165, 1.54) is 30.3 Å². The van der Waals surface area contributed by atoms with Crippen molar-refractivity contribution in [2.45, 2.75) is 4.90 Å². The van der Waals surface area contributed by atoms with Crippen molar-refractivity contribution < 1.29 is 23.6 Å². The molecular formula is C16H10FNO4S. The largest absolute Gasteiger partial charge is 0.343 e. The second-order valence-electron chi connectivity index (χ2n) is 4.66. The third-order valence-corrected chi connectivity index (χ3v) is 4.07. The fourth-order valence-corrected chi connectivity index (χ4v) is 2.79. The highest BCUT2D eigenvalue weighted by atomic mass is 32.2. The van der Waals surface area contributed by atoms with Crippen LogP contribution < -0.4 is 0 Å². The predicted molar refractivity (Wildman–Crippen MR) is 80.2 cm³/mol. The van der Waals surface area contributed by atoms with Crippen molar-refractivity contribution in [1.29, 1.82) is 0 Å². The van der Waals surface area contributed by atoms with E-state index < -0.39 is 23.6 Å². The van der Waals surface area contributed by atoms with Crippen LogP contribution >= 0.6 is 11.8 Å². The number of hydrogen-bond donors (Lipinski definition) is 0. The molecule has 3 rings (SSSR count). The van der Waals surface area contributed by atoms with Gasteiger partial charge in [-0.1, -0.05) is 23.3 Å². The number of nitrogens with zero attached hydrogens (tertiary/aromatic N) is 1. The summed E-state index contributed by atoms with van der Waals surface area (Å²) in [5.41, 5.74) is 0.395. The lowest BCUT2D eigenvalue weighted by molar-refractivity contribution is -0.165. The first kappa shape index (κ1) is 15.2. The fourth-order valence-electron chi connectivity index (χ4n) is 2.08. The van der Waals surface area contributed by atoms with E-state index in [1.807, 2.05) is 0 Å². The van der Waals surface area contributed by atoms with E-state index in [9.17, 15) is 18.8 Å². The van der Waals surface area contributed by atoms with Crippen LogP contribution in [0, 0.1) is 5.82 Å². The average Bonchev–Trinajstić information content (AvgIpc) is 2.79. The minimum atomic E-state index is -0.770. The van der Waals surface area contributed by atoms with Gasteiger partial charge < -0.3 is 4.84 Å². The molecule has 0 saturated heterocycles. The van der Waals surface area contributed by atoms with Crippen molar-refractivity contribution in [2.24, 2.45) is 0 Å². The number of imide groups is 1. The molecule has 0 aromatic heterocycles. The van der Waals surface area contributed by atoms with Gasteiger partial charge in [-0.3, -0.25) is 9.59 Å². The summed E-state index contributed by atoms with van der Waals surface area (Å²) in [6.45, 7) is 0. The zero-order valence-electron chi connectivity index (χ0n) is 11.7. The fraction of sp³-hybridized carbons (Fsp3) is 0.0625. The molecule has 0 N–H and O–H groups in total. The van der Waals surface area contributed by atoms with E-state index in [4.69, 9.17) is 4.84 Å². The van der Waals surface area contributed by atoms with Crippen LogP contribution in [-0.4, -0.2) is 28.6 Å². The topological polar surface area (TPSA) is 63.7 Å². The Bertz CT molecular complexity index is 773. The molecule has 23 heavy (non-hydrogen) atoms. The summed E-state index contributed by atoms with van der Waals surface area (Å²) in [5.74, 6) is -2.68. The minimum absolute atomic E-state index is 0.156. The van der Waals surface area contributed by atoms with Gasteiger partial charge in [-0.15, -0.1) is 11.8 Å². The van der Waals surface area contributed by atoms with E-state index in [2.05, 4.69) is 0 Å². The van der Waals surface area contributed by atoms with Crippen molar-refractivity contribution in [3.63, 3.8) is 0 Å². The molecule has 2 amide bonds. The normalized spacial score (nSPS) is 13.2. The van der Waals surface area contributed by atoms with Gasteiger partial charge in [-0.25, -0.2) is 9.18 Å². The first-order valence-corrected chi connectivity index (χ1v) is 7.62. The van der Waals surface area contributed by atoms with Crippen LogP contribution in [0.4, 0.5) is 4.39 Å². The Morgan fingerprint density at radius 2 is 1.70 bits per heavy atom. The lowest BCUT2D eigenvalue weighted by atomic mass is 10.1. The highest BCUT2D eigenvalue weighted by Gasteiger charge is 2.38. The summed E-state index contributed by atoms with van der Waals surface area (Å²) >= 11 is 1.05. The van der Waals surface area contributed by atoms with Crippen LogP contribution in [-0.2, 0) is 9.63 Å². The van der Waals surface area contributed by atoms with Crippen molar-refractivity contribution in [2.75, 3.05) is 5.75 Å². The van der Waals surface area contributed by atoms with Crippen LogP contribution in [0.25, 0.3) is 0 Å². The van der Waals surface area contributed by atoms with Crippen molar-refractivity contribution in [1.82, 2.24) is 5.06 Å². The highest BCUT2D eigenvalue weighted by Crippen LogP contribution is 2.24. The summed E-state index contributed by atoms with van der Waals surface area (Å²) in [6.07, 6.45) is 0. The van der Waals surface area contributed by atoms with Gasteiger partial charge in [0.2, 0.25) is 0 Å². The molecule has 0 aliphatic carbocycles. The molecule has 0 saturated carbocycles. The summed E-state index contributed by atoms with van der Waals surface area (Å²) in [5, 5.41) is 0.457. The third kappa shape index (κ3) is 3.09. The highest BCUT2D eigenvalue weighted by molar-refractivity contribution is 8.00. The smallest absolute Gasteiger partial charge is 0.329 e. The molecule has 0 spiro atoms. The number of rotatable bonds is 4. The van der Waals surface area contributed by atoms with E-state index in [0.717, 1.165) is 11.8 Å². The molecule has 0 unspecified atom stereocenters. The number of thioether (sulfide) groups is 1. The third-order valence-electron chi connectivity index (χ3n) is 3.10. The molecule has 0 fully saturated rings. The number of hydrogen-bond acceptors (Lipinski definition) is 5. The summed E-state index contributed by atoms with van der Waals surface area (Å²) < 4.78 is 13.0. The summed E-state index contributed by atoms with van der Waals surface area (Å²) in [6, 6.07) is 12.0. The van der Waals surface area contributed by atoms with Crippen molar-refractivity contribution >= 4 is 29.5 Å². The van der Waals surface area contributed by atoms with Gasteiger partial charge in [0.25, 0.3) is 11.8 Å². The SMILES string of the molecule is O=C(CSc1cccc(F)c1)ON1C(=O)c2ccccc2C1=O. The summed E-state index contributed by atoms with van der Waals surface area (Å²) in [4.78, 5) is 41.3. The number of halogens is 1. The number of amides is 2. The van der Waals surface area contributed by atoms with E-state index in [0.29, 0.717) is 9.96 Å². The Labute approximate surface area is 135 Å². The molecule has 1 aliphatic heterocycles. The molecule has 1 aliphatic rings. The quantitative estimate of drug-likeness (QED) is 0.637. The van der Waals surface area contributed by atoms with Gasteiger partial charge in [-0.2, -0.15) is 0 Å². The van der Waals surface area contributed by atoms with Crippen LogP contribution in [0.5, 0.6) is 0 Å². The molecule has 116 valence electrons. The molecule has 2 aromatic carbocycles. The standard InChI is InChI=1S/C16H10FNO4S/c17-10-4-3-5-11(8-10)23-9-14(19)22-18-15(20)12-6-1-2-7-13(12)16(18)21/h1-8H,9H2. The van der Waals surface area contributed by atoms with Gasteiger partial charge >= 0.3 is 5.97 Å². The molecule has 2 aromatic rings. The van der Waals surface area contributed by atoms with Gasteiger partial charge in [-0.05, 0) is 30.3 Å². The van der Waals surface area contributed by atoms with Crippen LogP contribution in [0.3, 0.4) is 0 Å². The first-order valence-electron chi connectivity index (χ1n) is 6.63. The maximum absolute atomic E-state index is 13.0. The average molecular weight is 331 g/mol. The van der Waals surface area contributed by atoms with E-state index in [1.54, 1.807) is 18.2 Å². The van der Waals surface area contributed by atoms with E-state index >= 15 is 0 Å². The number of benzene rings is 2. The Morgan fingerprint density at radius 3 is 2.30 bits per heavy atom. The van der Waals surface area contributed by atoms with Gasteiger partial charge in [0, 0.05) is 4.90 Å². The molecule has 7 heteroatoms. The molecule has 0 bridgehead atoms. The van der Waals surface area contributed by atoms with Crippen LogP contribution in [0.1, 0.15) is 20.7 Å². The number of hydroxylamine groups is 2. The Morgan fingerprint density at radius 1 is 1.04 bits per heavy atom.